The molecule has 2 aromatic rings. The molecule has 92 valence electrons. The van der Waals surface area contributed by atoms with Crippen LogP contribution in [0, 0.1) is 6.92 Å². The number of hydrogen-bond donors (Lipinski definition) is 3. The number of carbonyl (C=O) groups is 1. The monoisotopic (exact) mass is 242 g/mol. The molecule has 0 bridgehead atoms. The van der Waals surface area contributed by atoms with Gasteiger partial charge >= 0.3 is 5.97 Å². The van der Waals surface area contributed by atoms with Crippen molar-refractivity contribution in [1.29, 1.82) is 0 Å². The molecule has 0 aromatic heterocycles. The van der Waals surface area contributed by atoms with Gasteiger partial charge in [-0.1, -0.05) is 18.2 Å². The van der Waals surface area contributed by atoms with Crippen molar-refractivity contribution in [1.82, 2.24) is 0 Å². The molecule has 0 radical (unpaired) electrons. The van der Waals surface area contributed by atoms with Gasteiger partial charge in [0.15, 0.2) is 0 Å². The van der Waals surface area contributed by atoms with Crippen molar-refractivity contribution >= 4 is 17.3 Å². The number of rotatable bonds is 2. The van der Waals surface area contributed by atoms with Gasteiger partial charge in [0.2, 0.25) is 0 Å². The molecule has 0 fully saturated rings. The number of aryl methyl sites for hydroxylation is 1. The van der Waals surface area contributed by atoms with E-state index in [0.717, 1.165) is 11.1 Å². The zero-order valence-electron chi connectivity index (χ0n) is 9.97. The van der Waals surface area contributed by atoms with Crippen molar-refractivity contribution in [2.24, 2.45) is 0 Å². The van der Waals surface area contributed by atoms with Gasteiger partial charge in [0, 0.05) is 16.9 Å². The molecular weight excluding hydrogens is 228 g/mol. The number of hydrogen-bond acceptors (Lipinski definition) is 3. The summed E-state index contributed by atoms with van der Waals surface area (Å²) in [5, 5.41) is 9.22. The average molecular weight is 242 g/mol. The van der Waals surface area contributed by atoms with Crippen molar-refractivity contribution in [3.05, 3.63) is 47.5 Å². The summed E-state index contributed by atoms with van der Waals surface area (Å²) < 4.78 is 0. The van der Waals surface area contributed by atoms with E-state index in [0.29, 0.717) is 16.9 Å². The van der Waals surface area contributed by atoms with Gasteiger partial charge in [0.05, 0.1) is 5.56 Å². The van der Waals surface area contributed by atoms with Gasteiger partial charge in [-0.2, -0.15) is 0 Å². The summed E-state index contributed by atoms with van der Waals surface area (Å²) >= 11 is 0. The number of carboxylic acids is 1. The van der Waals surface area contributed by atoms with Crippen LogP contribution >= 0.6 is 0 Å². The minimum absolute atomic E-state index is 0.197. The van der Waals surface area contributed by atoms with Crippen LogP contribution in [0.15, 0.2) is 36.4 Å². The minimum atomic E-state index is -0.992. The Bertz CT molecular complexity index is 604. The van der Waals surface area contributed by atoms with E-state index in [1.807, 2.05) is 6.92 Å². The van der Waals surface area contributed by atoms with Crippen LogP contribution in [0.1, 0.15) is 15.9 Å². The second-order valence-corrected chi connectivity index (χ2v) is 4.15. The van der Waals surface area contributed by atoms with Crippen LogP contribution in [0.5, 0.6) is 0 Å². The van der Waals surface area contributed by atoms with Crippen molar-refractivity contribution in [3.63, 3.8) is 0 Å². The van der Waals surface area contributed by atoms with E-state index in [-0.39, 0.29) is 5.56 Å². The molecule has 5 N–H and O–H groups in total. The van der Waals surface area contributed by atoms with Crippen molar-refractivity contribution in [3.8, 4) is 11.1 Å². The molecular formula is C14H14N2O2. The molecule has 0 aliphatic heterocycles. The van der Waals surface area contributed by atoms with E-state index in [9.17, 15) is 9.90 Å². The molecule has 2 aromatic carbocycles. The predicted molar refractivity (Wildman–Crippen MR) is 72.4 cm³/mol. The summed E-state index contributed by atoms with van der Waals surface area (Å²) in [6.45, 7) is 1.85. The highest BCUT2D eigenvalue weighted by atomic mass is 16.4. The first-order valence-corrected chi connectivity index (χ1v) is 5.49. The Hall–Kier alpha value is -2.49. The lowest BCUT2D eigenvalue weighted by molar-refractivity contribution is 0.0698. The van der Waals surface area contributed by atoms with E-state index in [1.165, 1.54) is 0 Å². The molecule has 0 saturated heterocycles. The first-order chi connectivity index (χ1) is 8.50. The second-order valence-electron chi connectivity index (χ2n) is 4.15. The van der Waals surface area contributed by atoms with Crippen LogP contribution in [-0.4, -0.2) is 11.1 Å². The Morgan fingerprint density at radius 1 is 1.06 bits per heavy atom. The fourth-order valence-electron chi connectivity index (χ4n) is 1.86. The lowest BCUT2D eigenvalue weighted by Crippen LogP contribution is -2.04. The molecule has 4 heteroatoms. The van der Waals surface area contributed by atoms with Crippen molar-refractivity contribution in [2.45, 2.75) is 6.92 Å². The zero-order valence-corrected chi connectivity index (χ0v) is 9.97. The standard InChI is InChI=1S/C14H14N2O2/c1-8-2-7-11(14(17)18)12(13(8)16)9-3-5-10(15)6-4-9/h2-7H,15-16H2,1H3,(H,17,18). The molecule has 2 rings (SSSR count). The van der Waals surface area contributed by atoms with Gasteiger partial charge < -0.3 is 16.6 Å². The van der Waals surface area contributed by atoms with E-state index < -0.39 is 5.97 Å². The second kappa shape index (κ2) is 4.41. The van der Waals surface area contributed by atoms with Gasteiger partial charge in [0.25, 0.3) is 0 Å². The van der Waals surface area contributed by atoms with Crippen LogP contribution in [0.4, 0.5) is 11.4 Å². The van der Waals surface area contributed by atoms with E-state index in [4.69, 9.17) is 11.5 Å². The molecule has 0 amide bonds. The first-order valence-electron chi connectivity index (χ1n) is 5.49. The maximum absolute atomic E-state index is 11.2. The molecule has 0 aliphatic carbocycles. The summed E-state index contributed by atoms with van der Waals surface area (Å²) in [7, 11) is 0. The lowest BCUT2D eigenvalue weighted by Gasteiger charge is -2.12. The Morgan fingerprint density at radius 2 is 1.67 bits per heavy atom. The lowest BCUT2D eigenvalue weighted by atomic mass is 9.95. The summed E-state index contributed by atoms with van der Waals surface area (Å²) in [6, 6.07) is 10.3. The van der Waals surface area contributed by atoms with Gasteiger partial charge in [-0.15, -0.1) is 0 Å². The Morgan fingerprint density at radius 3 is 2.22 bits per heavy atom. The summed E-state index contributed by atoms with van der Waals surface area (Å²) in [6.07, 6.45) is 0. The molecule has 4 nitrogen and oxygen atoms in total. The highest BCUT2D eigenvalue weighted by molar-refractivity contribution is 6.00. The largest absolute Gasteiger partial charge is 0.478 e. The van der Waals surface area contributed by atoms with Gasteiger partial charge in [-0.05, 0) is 36.2 Å². The number of aromatic carboxylic acids is 1. The number of nitrogen functional groups attached to an aromatic ring is 2. The average Bonchev–Trinajstić information content (AvgIpc) is 2.33. The van der Waals surface area contributed by atoms with Gasteiger partial charge in [0.1, 0.15) is 0 Å². The summed E-state index contributed by atoms with van der Waals surface area (Å²) in [5.41, 5.74) is 15.1. The first kappa shape index (κ1) is 12.0. The van der Waals surface area contributed by atoms with Gasteiger partial charge in [-0.25, -0.2) is 4.79 Å². The van der Waals surface area contributed by atoms with Crippen LogP contribution in [0.2, 0.25) is 0 Å². The maximum Gasteiger partial charge on any atom is 0.336 e. The number of nitrogens with two attached hydrogens (primary N) is 2. The minimum Gasteiger partial charge on any atom is -0.478 e. The third-order valence-corrected chi connectivity index (χ3v) is 2.89. The fourth-order valence-corrected chi connectivity index (χ4v) is 1.86. The summed E-state index contributed by atoms with van der Waals surface area (Å²) in [4.78, 5) is 11.2. The normalized spacial score (nSPS) is 10.3. The molecule has 0 atom stereocenters. The molecule has 0 saturated carbocycles. The number of anilines is 2. The Balaban J connectivity index is 2.71. The topological polar surface area (TPSA) is 89.3 Å². The number of carboxylic acid groups (broad SMARTS) is 1. The van der Waals surface area contributed by atoms with Crippen molar-refractivity contribution < 1.29 is 9.90 Å². The number of benzene rings is 2. The Kier molecular flexibility index (Phi) is 2.93. The molecule has 0 unspecified atom stereocenters. The molecule has 18 heavy (non-hydrogen) atoms. The van der Waals surface area contributed by atoms with Crippen LogP contribution in [0.25, 0.3) is 11.1 Å². The third kappa shape index (κ3) is 2.00. The predicted octanol–water partition coefficient (Wildman–Crippen LogP) is 2.52. The smallest absolute Gasteiger partial charge is 0.336 e. The SMILES string of the molecule is Cc1ccc(C(=O)O)c(-c2ccc(N)cc2)c1N. The van der Waals surface area contributed by atoms with Crippen LogP contribution in [-0.2, 0) is 0 Å². The van der Waals surface area contributed by atoms with E-state index in [1.54, 1.807) is 36.4 Å². The van der Waals surface area contributed by atoms with Crippen LogP contribution in [0.3, 0.4) is 0 Å². The van der Waals surface area contributed by atoms with Crippen LogP contribution < -0.4 is 11.5 Å². The highest BCUT2D eigenvalue weighted by Gasteiger charge is 2.15. The Labute approximate surface area is 105 Å². The van der Waals surface area contributed by atoms with Gasteiger partial charge in [-0.3, -0.25) is 0 Å². The fraction of sp³-hybridized carbons (Fsp3) is 0.0714. The van der Waals surface area contributed by atoms with E-state index >= 15 is 0 Å². The summed E-state index contributed by atoms with van der Waals surface area (Å²) in [5.74, 6) is -0.992. The zero-order chi connectivity index (χ0) is 13.3. The molecule has 0 heterocycles. The molecule has 0 spiro atoms. The molecule has 0 aliphatic rings. The third-order valence-electron chi connectivity index (χ3n) is 2.89. The van der Waals surface area contributed by atoms with Crippen molar-refractivity contribution in [2.75, 3.05) is 11.5 Å². The maximum atomic E-state index is 11.2. The highest BCUT2D eigenvalue weighted by Crippen LogP contribution is 2.32. The quantitative estimate of drug-likeness (QED) is 0.706. The van der Waals surface area contributed by atoms with E-state index in [2.05, 4.69) is 0 Å².